The number of carbonyl (C=O) groups is 2. The molecule has 1 aromatic rings. The lowest BCUT2D eigenvalue weighted by Crippen LogP contribution is -2.30. The number of unbranched alkanes of at least 4 members (excludes halogenated alkanes) is 1. The number of amides is 3. The number of rotatable bonds is 9. The molecule has 0 atom stereocenters. The van der Waals surface area contributed by atoms with Gasteiger partial charge in [0.05, 0.1) is 6.54 Å². The molecule has 0 aliphatic carbocycles. The van der Waals surface area contributed by atoms with Crippen molar-refractivity contribution < 1.29 is 14.3 Å². The summed E-state index contributed by atoms with van der Waals surface area (Å²) in [6, 6.07) is 7.50. The Bertz CT molecular complexity index is 521. The van der Waals surface area contributed by atoms with Gasteiger partial charge in [-0.2, -0.15) is 0 Å². The summed E-state index contributed by atoms with van der Waals surface area (Å²) in [4.78, 5) is 22.1. The van der Waals surface area contributed by atoms with Crippen molar-refractivity contribution in [1.29, 1.82) is 0 Å². The van der Waals surface area contributed by atoms with E-state index in [0.717, 1.165) is 12.2 Å². The van der Waals surface area contributed by atoms with Gasteiger partial charge in [0.15, 0.2) is 0 Å². The van der Waals surface area contributed by atoms with Gasteiger partial charge in [0.2, 0.25) is 5.91 Å². The van der Waals surface area contributed by atoms with Crippen molar-refractivity contribution in [1.82, 2.24) is 10.6 Å². The fourth-order valence-electron chi connectivity index (χ4n) is 2.12. The Hall–Kier alpha value is -2.24. The molecular formula is C18H29N3O3. The second kappa shape index (κ2) is 9.80. The number of primary amides is 1. The second-order valence-electron chi connectivity index (χ2n) is 6.72. The molecule has 24 heavy (non-hydrogen) atoms. The summed E-state index contributed by atoms with van der Waals surface area (Å²) in [6.07, 6.45) is 1.87. The van der Waals surface area contributed by atoms with Gasteiger partial charge in [0, 0.05) is 13.0 Å². The van der Waals surface area contributed by atoms with Crippen LogP contribution >= 0.6 is 0 Å². The Labute approximate surface area is 144 Å². The highest BCUT2D eigenvalue weighted by Crippen LogP contribution is 2.24. The van der Waals surface area contributed by atoms with Crippen LogP contribution < -0.4 is 21.1 Å². The summed E-state index contributed by atoms with van der Waals surface area (Å²) < 4.78 is 5.62. The van der Waals surface area contributed by atoms with Gasteiger partial charge in [0.1, 0.15) is 12.4 Å². The zero-order valence-corrected chi connectivity index (χ0v) is 14.9. The van der Waals surface area contributed by atoms with Gasteiger partial charge in [-0.15, -0.1) is 0 Å². The molecule has 0 bridgehead atoms. The fraction of sp³-hybridized carbons (Fsp3) is 0.556. The minimum Gasteiger partial charge on any atom is -0.492 e. The van der Waals surface area contributed by atoms with Gasteiger partial charge in [-0.1, -0.05) is 32.9 Å². The maximum Gasteiger partial charge on any atom is 0.312 e. The van der Waals surface area contributed by atoms with Crippen LogP contribution in [0.1, 0.15) is 45.6 Å². The third-order valence-corrected chi connectivity index (χ3v) is 3.54. The third-order valence-electron chi connectivity index (χ3n) is 3.54. The van der Waals surface area contributed by atoms with E-state index in [4.69, 9.17) is 10.5 Å². The molecule has 0 aliphatic rings. The molecule has 0 saturated carbocycles. The van der Waals surface area contributed by atoms with Crippen molar-refractivity contribution in [2.75, 3.05) is 19.7 Å². The standard InChI is InChI=1S/C18H29N3O3/c1-18(2,3)14-7-9-15(10-8-14)24-13-12-20-16(22)6-4-5-11-21-17(19)23/h7-10H,4-6,11-13H2,1-3H3,(H,20,22)(H3,19,21,23). The summed E-state index contributed by atoms with van der Waals surface area (Å²) in [7, 11) is 0. The molecule has 1 aromatic carbocycles. The number of ether oxygens (including phenoxy) is 1. The van der Waals surface area contributed by atoms with Crippen LogP contribution in [-0.4, -0.2) is 31.6 Å². The minimum absolute atomic E-state index is 0.0132. The van der Waals surface area contributed by atoms with Gasteiger partial charge >= 0.3 is 6.03 Å². The lowest BCUT2D eigenvalue weighted by molar-refractivity contribution is -0.121. The molecule has 134 valence electrons. The van der Waals surface area contributed by atoms with Gasteiger partial charge in [0.25, 0.3) is 0 Å². The average Bonchev–Trinajstić information content (AvgIpc) is 2.50. The van der Waals surface area contributed by atoms with Gasteiger partial charge in [-0.05, 0) is 36.0 Å². The van der Waals surface area contributed by atoms with Crippen molar-refractivity contribution >= 4 is 11.9 Å². The molecular weight excluding hydrogens is 306 g/mol. The minimum atomic E-state index is -0.535. The Morgan fingerprint density at radius 1 is 1.04 bits per heavy atom. The number of carbonyl (C=O) groups excluding carboxylic acids is 2. The van der Waals surface area contributed by atoms with Crippen LogP contribution in [-0.2, 0) is 10.2 Å². The van der Waals surface area contributed by atoms with E-state index in [2.05, 4.69) is 43.5 Å². The van der Waals surface area contributed by atoms with E-state index in [9.17, 15) is 9.59 Å². The maximum absolute atomic E-state index is 11.6. The van der Waals surface area contributed by atoms with E-state index >= 15 is 0 Å². The molecule has 0 unspecified atom stereocenters. The first kappa shape index (κ1) is 19.8. The van der Waals surface area contributed by atoms with E-state index in [1.807, 2.05) is 12.1 Å². The van der Waals surface area contributed by atoms with Crippen LogP contribution in [0.5, 0.6) is 5.75 Å². The number of benzene rings is 1. The first-order chi connectivity index (χ1) is 11.3. The fourth-order valence-corrected chi connectivity index (χ4v) is 2.12. The number of urea groups is 1. The van der Waals surface area contributed by atoms with E-state index in [1.54, 1.807) is 0 Å². The first-order valence-electron chi connectivity index (χ1n) is 8.32. The van der Waals surface area contributed by atoms with Crippen molar-refractivity contribution in [3.05, 3.63) is 29.8 Å². The van der Waals surface area contributed by atoms with Crippen LogP contribution in [0.25, 0.3) is 0 Å². The normalized spacial score (nSPS) is 11.0. The molecule has 0 heterocycles. The lowest BCUT2D eigenvalue weighted by Gasteiger charge is -2.19. The van der Waals surface area contributed by atoms with Crippen molar-refractivity contribution in [2.24, 2.45) is 5.73 Å². The Kier molecular flexibility index (Phi) is 8.09. The van der Waals surface area contributed by atoms with Crippen LogP contribution in [0.3, 0.4) is 0 Å². The van der Waals surface area contributed by atoms with E-state index in [1.165, 1.54) is 5.56 Å². The van der Waals surface area contributed by atoms with Crippen LogP contribution in [0, 0.1) is 0 Å². The predicted molar refractivity (Wildman–Crippen MR) is 95.1 cm³/mol. The van der Waals surface area contributed by atoms with Crippen molar-refractivity contribution in [2.45, 2.75) is 45.4 Å². The first-order valence-corrected chi connectivity index (χ1v) is 8.32. The molecule has 3 amide bonds. The van der Waals surface area contributed by atoms with Crippen LogP contribution in [0.15, 0.2) is 24.3 Å². The number of hydrogen-bond acceptors (Lipinski definition) is 3. The molecule has 6 heteroatoms. The van der Waals surface area contributed by atoms with E-state index in [0.29, 0.717) is 32.5 Å². The number of nitrogens with two attached hydrogens (primary N) is 1. The molecule has 0 fully saturated rings. The second-order valence-corrected chi connectivity index (χ2v) is 6.72. The Balaban J connectivity index is 2.12. The van der Waals surface area contributed by atoms with Crippen molar-refractivity contribution in [3.8, 4) is 5.75 Å². The topological polar surface area (TPSA) is 93.4 Å². The van der Waals surface area contributed by atoms with Crippen LogP contribution in [0.4, 0.5) is 4.79 Å². The molecule has 0 saturated heterocycles. The molecule has 0 aliphatic heterocycles. The quantitative estimate of drug-likeness (QED) is 0.605. The van der Waals surface area contributed by atoms with E-state index in [-0.39, 0.29) is 11.3 Å². The highest BCUT2D eigenvalue weighted by Gasteiger charge is 2.12. The molecule has 0 aromatic heterocycles. The van der Waals surface area contributed by atoms with Crippen LogP contribution in [0.2, 0.25) is 0 Å². The predicted octanol–water partition coefficient (Wildman–Crippen LogP) is 2.32. The zero-order valence-electron chi connectivity index (χ0n) is 14.9. The highest BCUT2D eigenvalue weighted by atomic mass is 16.5. The van der Waals surface area contributed by atoms with E-state index < -0.39 is 6.03 Å². The molecule has 4 N–H and O–H groups in total. The van der Waals surface area contributed by atoms with Crippen molar-refractivity contribution in [3.63, 3.8) is 0 Å². The maximum atomic E-state index is 11.6. The monoisotopic (exact) mass is 335 g/mol. The Morgan fingerprint density at radius 3 is 2.29 bits per heavy atom. The lowest BCUT2D eigenvalue weighted by atomic mass is 9.87. The smallest absolute Gasteiger partial charge is 0.312 e. The summed E-state index contributed by atoms with van der Waals surface area (Å²) in [5, 5.41) is 5.30. The van der Waals surface area contributed by atoms with Gasteiger partial charge < -0.3 is 21.1 Å². The highest BCUT2D eigenvalue weighted by molar-refractivity contribution is 5.75. The zero-order chi connectivity index (χ0) is 18.0. The SMILES string of the molecule is CC(C)(C)c1ccc(OCCNC(=O)CCCCNC(N)=O)cc1. The largest absolute Gasteiger partial charge is 0.492 e. The summed E-state index contributed by atoms with van der Waals surface area (Å²) in [6.45, 7) is 7.91. The summed E-state index contributed by atoms with van der Waals surface area (Å²) in [5.74, 6) is 0.788. The Morgan fingerprint density at radius 2 is 1.71 bits per heavy atom. The molecule has 0 radical (unpaired) electrons. The number of nitrogens with one attached hydrogen (secondary N) is 2. The average molecular weight is 335 g/mol. The van der Waals surface area contributed by atoms with Gasteiger partial charge in [-0.3, -0.25) is 4.79 Å². The number of hydrogen-bond donors (Lipinski definition) is 3. The molecule has 1 rings (SSSR count). The summed E-state index contributed by atoms with van der Waals surface area (Å²) >= 11 is 0. The third kappa shape index (κ3) is 8.41. The summed E-state index contributed by atoms with van der Waals surface area (Å²) in [5.41, 5.74) is 6.33. The molecule has 0 spiro atoms. The van der Waals surface area contributed by atoms with Gasteiger partial charge in [-0.25, -0.2) is 4.79 Å². The molecule has 6 nitrogen and oxygen atoms in total.